The number of hydrogen-bond donors (Lipinski definition) is 1. The van der Waals surface area contributed by atoms with Gasteiger partial charge >= 0.3 is 0 Å². The first-order valence-corrected chi connectivity index (χ1v) is 2.57. The lowest BCUT2D eigenvalue weighted by Crippen LogP contribution is -2.38. The number of alkyl halides is 2. The zero-order chi connectivity index (χ0) is 6.78. The molecule has 0 saturated carbocycles. The van der Waals surface area contributed by atoms with Gasteiger partial charge in [-0.1, -0.05) is 0 Å². The normalized spacial score (nSPS) is 12.8. The third-order valence-electron chi connectivity index (χ3n) is 0.542. The van der Waals surface area contributed by atoms with Crippen LogP contribution in [0.1, 0.15) is 20.8 Å². The molecule has 0 heterocycles. The molecule has 8 heavy (non-hydrogen) atoms. The van der Waals surface area contributed by atoms with E-state index in [4.69, 9.17) is 0 Å². The third kappa shape index (κ3) is 5.82. The summed E-state index contributed by atoms with van der Waals surface area (Å²) in [7, 11) is 0. The smallest absolute Gasteiger partial charge is 0.256 e. The molecule has 0 amide bonds. The summed E-state index contributed by atoms with van der Waals surface area (Å²) in [5.41, 5.74) is 0. The number of rotatable bonds is 2. The van der Waals surface area contributed by atoms with E-state index in [-0.39, 0.29) is 6.04 Å². The first-order chi connectivity index (χ1) is 3.42. The van der Waals surface area contributed by atoms with Gasteiger partial charge in [-0.05, 0) is 13.8 Å². The Balaban J connectivity index is 3.39. The molecule has 3 heteroatoms. The number of hydrogen-bond acceptors (Lipinski definition) is 1. The molecule has 0 rings (SSSR count). The van der Waals surface area contributed by atoms with E-state index in [9.17, 15) is 8.78 Å². The highest BCUT2D eigenvalue weighted by Gasteiger charge is 2.20. The molecule has 50 valence electrons. The lowest BCUT2D eigenvalue weighted by molar-refractivity contribution is -0.0222. The Morgan fingerprint density at radius 2 is 1.75 bits per heavy atom. The Hall–Kier alpha value is -0.180. The van der Waals surface area contributed by atoms with Crippen LogP contribution in [0.5, 0.6) is 0 Å². The summed E-state index contributed by atoms with van der Waals surface area (Å²) in [6.45, 7) is 4.20. The highest BCUT2D eigenvalue weighted by atomic mass is 19.3. The second kappa shape index (κ2) is 2.40. The molecule has 0 fully saturated rings. The monoisotopic (exact) mass is 123 g/mol. The van der Waals surface area contributed by atoms with Crippen LogP contribution in [0.3, 0.4) is 0 Å². The second-order valence-corrected chi connectivity index (χ2v) is 2.19. The minimum absolute atomic E-state index is 0.157. The lowest BCUT2D eigenvalue weighted by atomic mass is 10.4. The van der Waals surface area contributed by atoms with Gasteiger partial charge in [0.25, 0.3) is 6.05 Å². The summed E-state index contributed by atoms with van der Waals surface area (Å²) >= 11 is 0. The molecule has 0 radical (unpaired) electrons. The average Bonchev–Trinajstić information content (AvgIpc) is 1.21. The summed E-state index contributed by atoms with van der Waals surface area (Å²) in [5, 5.41) is 2.05. The van der Waals surface area contributed by atoms with Crippen LogP contribution in [0.2, 0.25) is 0 Å². The summed E-state index contributed by atoms with van der Waals surface area (Å²) in [6.07, 6.45) is 0. The van der Waals surface area contributed by atoms with Gasteiger partial charge in [-0.15, -0.1) is 0 Å². The molecule has 0 unspecified atom stereocenters. The summed E-state index contributed by atoms with van der Waals surface area (Å²) < 4.78 is 23.7. The Morgan fingerprint density at radius 3 is 1.75 bits per heavy atom. The van der Waals surface area contributed by atoms with E-state index in [0.29, 0.717) is 0 Å². The predicted octanol–water partition coefficient (Wildman–Crippen LogP) is 1.60. The topological polar surface area (TPSA) is 12.0 Å². The largest absolute Gasteiger partial charge is 0.299 e. The van der Waals surface area contributed by atoms with Crippen LogP contribution in [0, 0.1) is 0 Å². The predicted molar refractivity (Wildman–Crippen MR) is 28.9 cm³/mol. The number of nitrogens with one attached hydrogen (secondary N) is 1. The highest BCUT2D eigenvalue weighted by Crippen LogP contribution is 2.06. The molecule has 0 bridgehead atoms. The molecule has 0 saturated heterocycles. The van der Waals surface area contributed by atoms with Gasteiger partial charge in [-0.2, -0.15) is 8.78 Å². The van der Waals surface area contributed by atoms with Crippen molar-refractivity contribution in [3.05, 3.63) is 0 Å². The summed E-state index contributed by atoms with van der Waals surface area (Å²) in [6, 6.07) is -2.89. The van der Waals surface area contributed by atoms with Crippen LogP contribution >= 0.6 is 0 Å². The Bertz CT molecular complexity index is 65.3. The van der Waals surface area contributed by atoms with Crippen molar-refractivity contribution in [1.82, 2.24) is 5.32 Å². The maximum atomic E-state index is 11.9. The Kier molecular flexibility index (Phi) is 2.34. The van der Waals surface area contributed by atoms with Crippen LogP contribution in [0.25, 0.3) is 0 Å². The van der Waals surface area contributed by atoms with Gasteiger partial charge in [0, 0.05) is 13.0 Å². The SMILES string of the molecule is CC(C)NC(C)(F)F. The van der Waals surface area contributed by atoms with Gasteiger partial charge in [0.05, 0.1) is 0 Å². The summed E-state index contributed by atoms with van der Waals surface area (Å²) in [5.74, 6) is 0. The van der Waals surface area contributed by atoms with E-state index in [1.165, 1.54) is 0 Å². The van der Waals surface area contributed by atoms with Crippen molar-refractivity contribution in [2.45, 2.75) is 32.9 Å². The van der Waals surface area contributed by atoms with E-state index in [0.717, 1.165) is 6.92 Å². The van der Waals surface area contributed by atoms with Gasteiger partial charge in [0.1, 0.15) is 0 Å². The Labute approximate surface area is 48.1 Å². The molecule has 0 aliphatic rings. The minimum Gasteiger partial charge on any atom is -0.256 e. The number of halogens is 2. The van der Waals surface area contributed by atoms with Gasteiger partial charge in [-0.3, -0.25) is 5.32 Å². The van der Waals surface area contributed by atoms with Crippen LogP contribution in [0.4, 0.5) is 8.78 Å². The van der Waals surface area contributed by atoms with E-state index in [1.54, 1.807) is 13.8 Å². The molecule has 0 aromatic rings. The third-order valence-corrected chi connectivity index (χ3v) is 0.542. The molecule has 1 nitrogen and oxygen atoms in total. The van der Waals surface area contributed by atoms with Gasteiger partial charge in [0.2, 0.25) is 0 Å². The van der Waals surface area contributed by atoms with Crippen molar-refractivity contribution >= 4 is 0 Å². The fraction of sp³-hybridized carbons (Fsp3) is 1.00. The van der Waals surface area contributed by atoms with Crippen molar-refractivity contribution in [1.29, 1.82) is 0 Å². The first kappa shape index (κ1) is 7.82. The second-order valence-electron chi connectivity index (χ2n) is 2.19. The molecular weight excluding hydrogens is 112 g/mol. The van der Waals surface area contributed by atoms with Crippen LogP contribution in [-0.4, -0.2) is 12.1 Å². The molecule has 0 spiro atoms. The highest BCUT2D eigenvalue weighted by molar-refractivity contribution is 4.58. The zero-order valence-electron chi connectivity index (χ0n) is 5.33. The maximum absolute atomic E-state index is 11.9. The average molecular weight is 123 g/mol. The van der Waals surface area contributed by atoms with Crippen molar-refractivity contribution in [2.24, 2.45) is 0 Å². The molecule has 1 N–H and O–H groups in total. The van der Waals surface area contributed by atoms with Crippen LogP contribution in [0.15, 0.2) is 0 Å². The molecule has 0 aliphatic heterocycles. The molecule has 0 aliphatic carbocycles. The van der Waals surface area contributed by atoms with Crippen molar-refractivity contribution in [3.8, 4) is 0 Å². The van der Waals surface area contributed by atoms with Crippen molar-refractivity contribution < 1.29 is 8.78 Å². The fourth-order valence-corrected chi connectivity index (χ4v) is 0.507. The van der Waals surface area contributed by atoms with E-state index in [1.807, 2.05) is 5.32 Å². The van der Waals surface area contributed by atoms with E-state index >= 15 is 0 Å². The van der Waals surface area contributed by atoms with Crippen LogP contribution in [-0.2, 0) is 0 Å². The lowest BCUT2D eigenvalue weighted by Gasteiger charge is -2.14. The van der Waals surface area contributed by atoms with Gasteiger partial charge in [-0.25, -0.2) is 0 Å². The molecule has 0 atom stereocenters. The van der Waals surface area contributed by atoms with Crippen LogP contribution < -0.4 is 5.32 Å². The zero-order valence-corrected chi connectivity index (χ0v) is 5.33. The fourth-order valence-electron chi connectivity index (χ4n) is 0.507. The maximum Gasteiger partial charge on any atom is 0.299 e. The summed E-state index contributed by atoms with van der Waals surface area (Å²) in [4.78, 5) is 0. The van der Waals surface area contributed by atoms with Gasteiger partial charge in [0.15, 0.2) is 0 Å². The van der Waals surface area contributed by atoms with Gasteiger partial charge < -0.3 is 0 Å². The quantitative estimate of drug-likeness (QED) is 0.550. The van der Waals surface area contributed by atoms with E-state index in [2.05, 4.69) is 0 Å². The molecule has 0 aromatic heterocycles. The first-order valence-electron chi connectivity index (χ1n) is 2.57. The van der Waals surface area contributed by atoms with E-state index < -0.39 is 6.05 Å². The molecule has 0 aromatic carbocycles. The Morgan fingerprint density at radius 1 is 1.38 bits per heavy atom. The standard InChI is InChI=1S/C5H11F2N/c1-4(2)8-5(3,6)7/h4,8H,1-3H3. The minimum atomic E-state index is -2.73. The van der Waals surface area contributed by atoms with Crippen molar-refractivity contribution in [2.75, 3.05) is 0 Å². The van der Waals surface area contributed by atoms with Crippen molar-refractivity contribution in [3.63, 3.8) is 0 Å². The molecular formula is C5H11F2N.